The lowest BCUT2D eigenvalue weighted by Crippen LogP contribution is -1.75. The zero-order valence-corrected chi connectivity index (χ0v) is 7.52. The van der Waals surface area contributed by atoms with Crippen molar-refractivity contribution < 1.29 is 0 Å². The van der Waals surface area contributed by atoms with Crippen LogP contribution in [0.5, 0.6) is 0 Å². The largest absolute Gasteiger partial charge is 0.193 e. The molecule has 0 aliphatic rings. The first-order valence-electron chi connectivity index (χ1n) is 3.85. The first kappa shape index (κ1) is 9.97. The van der Waals surface area contributed by atoms with Crippen LogP contribution in [0, 0.1) is 11.3 Å². The van der Waals surface area contributed by atoms with Crippen molar-refractivity contribution in [3.05, 3.63) is 23.3 Å². The van der Waals surface area contributed by atoms with Gasteiger partial charge in [-0.05, 0) is 33.6 Å². The van der Waals surface area contributed by atoms with E-state index in [2.05, 4.69) is 19.9 Å². The summed E-state index contributed by atoms with van der Waals surface area (Å²) in [5, 5.41) is 8.30. The predicted molar refractivity (Wildman–Crippen MR) is 48.0 cm³/mol. The Morgan fingerprint density at radius 2 is 2.00 bits per heavy atom. The van der Waals surface area contributed by atoms with Crippen molar-refractivity contribution in [2.24, 2.45) is 0 Å². The molecule has 0 rings (SSSR count). The first-order chi connectivity index (χ1) is 5.16. The summed E-state index contributed by atoms with van der Waals surface area (Å²) in [7, 11) is 0. The Morgan fingerprint density at radius 3 is 2.45 bits per heavy atom. The molecule has 0 atom stereocenters. The Kier molecular flexibility index (Phi) is 5.20. The summed E-state index contributed by atoms with van der Waals surface area (Å²) >= 11 is 0. The molecule has 0 unspecified atom stereocenters. The van der Waals surface area contributed by atoms with E-state index >= 15 is 0 Å². The van der Waals surface area contributed by atoms with Gasteiger partial charge in [-0.15, -0.1) is 0 Å². The van der Waals surface area contributed by atoms with Crippen molar-refractivity contribution >= 4 is 0 Å². The molecule has 0 heterocycles. The van der Waals surface area contributed by atoms with Crippen LogP contribution in [0.25, 0.3) is 0 Å². The lowest BCUT2D eigenvalue weighted by atomic mass is 10.3. The van der Waals surface area contributed by atoms with E-state index in [1.54, 1.807) is 6.08 Å². The summed E-state index contributed by atoms with van der Waals surface area (Å²) in [6.45, 7) is 6.16. The molecular weight excluding hydrogens is 135 g/mol. The SMILES string of the molecule is CC(C)=CC[13CH2]/C(C)=C/C#N. The number of hydrogen-bond acceptors (Lipinski definition) is 1. The molecular formula is C10H15N. The third-order valence-corrected chi connectivity index (χ3v) is 1.40. The molecule has 0 aromatic carbocycles. The standard InChI is InChI=1S/C10H15N/c1-9(2)5-4-6-10(3)7-8-11/h5,7H,4,6H2,1-3H3/b10-7+/i6+1. The molecule has 1 nitrogen and oxygen atoms in total. The second-order valence-corrected chi connectivity index (χ2v) is 2.94. The molecule has 0 saturated carbocycles. The van der Waals surface area contributed by atoms with Crippen molar-refractivity contribution in [2.45, 2.75) is 33.6 Å². The van der Waals surface area contributed by atoms with Crippen molar-refractivity contribution in [1.82, 2.24) is 0 Å². The monoisotopic (exact) mass is 150 g/mol. The number of nitriles is 1. The number of hydrogen-bond donors (Lipinski definition) is 0. The molecule has 0 N–H and O–H groups in total. The fourth-order valence-corrected chi connectivity index (χ4v) is 0.771. The fraction of sp³-hybridized carbons (Fsp3) is 0.500. The predicted octanol–water partition coefficient (Wildman–Crippen LogP) is 3.20. The maximum Gasteiger partial charge on any atom is 0.0911 e. The minimum absolute atomic E-state index is 0.999. The zero-order valence-electron chi connectivity index (χ0n) is 7.52. The molecule has 1 heteroatoms. The molecule has 0 spiro atoms. The van der Waals surface area contributed by atoms with Crippen molar-refractivity contribution in [3.63, 3.8) is 0 Å². The van der Waals surface area contributed by atoms with Crippen LogP contribution < -0.4 is 0 Å². The third kappa shape index (κ3) is 6.86. The molecule has 0 aromatic heterocycles. The highest BCUT2D eigenvalue weighted by Crippen LogP contribution is 2.05. The van der Waals surface area contributed by atoms with Gasteiger partial charge in [-0.25, -0.2) is 0 Å². The molecule has 0 amide bonds. The number of nitrogens with zero attached hydrogens (tertiary/aromatic N) is 1. The van der Waals surface area contributed by atoms with Crippen LogP contribution in [0.3, 0.4) is 0 Å². The third-order valence-electron chi connectivity index (χ3n) is 1.40. The molecule has 0 radical (unpaired) electrons. The highest BCUT2D eigenvalue weighted by molar-refractivity contribution is 5.11. The van der Waals surface area contributed by atoms with Crippen molar-refractivity contribution in [2.75, 3.05) is 0 Å². The Morgan fingerprint density at radius 1 is 1.36 bits per heavy atom. The molecule has 60 valence electrons. The van der Waals surface area contributed by atoms with Crippen LogP contribution >= 0.6 is 0 Å². The van der Waals surface area contributed by atoms with Gasteiger partial charge in [0.1, 0.15) is 0 Å². The summed E-state index contributed by atoms with van der Waals surface area (Å²) < 4.78 is 0. The summed E-state index contributed by atoms with van der Waals surface area (Å²) in [5.74, 6) is 0. The van der Waals surface area contributed by atoms with Crippen LogP contribution in [0.2, 0.25) is 0 Å². The molecule has 0 bridgehead atoms. The van der Waals surface area contributed by atoms with E-state index in [-0.39, 0.29) is 0 Å². The van der Waals surface area contributed by atoms with Gasteiger partial charge in [0.2, 0.25) is 0 Å². The smallest absolute Gasteiger partial charge is 0.0911 e. The molecule has 11 heavy (non-hydrogen) atoms. The van der Waals surface area contributed by atoms with Gasteiger partial charge in [-0.2, -0.15) is 5.26 Å². The summed E-state index contributed by atoms with van der Waals surface area (Å²) in [4.78, 5) is 0. The van der Waals surface area contributed by atoms with E-state index in [4.69, 9.17) is 5.26 Å². The van der Waals surface area contributed by atoms with E-state index in [9.17, 15) is 0 Å². The maximum atomic E-state index is 8.30. The fourth-order valence-electron chi connectivity index (χ4n) is 0.771. The molecule has 0 saturated heterocycles. The molecule has 0 fully saturated rings. The Hall–Kier alpha value is -1.03. The zero-order chi connectivity index (χ0) is 8.69. The summed E-state index contributed by atoms with van der Waals surface area (Å²) in [6, 6.07) is 2.02. The molecule has 0 aromatic rings. The van der Waals surface area contributed by atoms with E-state index in [1.165, 1.54) is 5.57 Å². The lowest BCUT2D eigenvalue weighted by molar-refractivity contribution is 0.968. The van der Waals surface area contributed by atoms with Gasteiger partial charge < -0.3 is 0 Å². The van der Waals surface area contributed by atoms with E-state index < -0.39 is 0 Å². The second-order valence-electron chi connectivity index (χ2n) is 2.94. The van der Waals surface area contributed by atoms with E-state index in [1.807, 2.05) is 13.0 Å². The summed E-state index contributed by atoms with van der Waals surface area (Å²) in [5.41, 5.74) is 2.50. The van der Waals surface area contributed by atoms with Crippen LogP contribution in [-0.2, 0) is 0 Å². The minimum Gasteiger partial charge on any atom is -0.193 e. The van der Waals surface area contributed by atoms with Crippen molar-refractivity contribution in [1.29, 1.82) is 5.26 Å². The summed E-state index contributed by atoms with van der Waals surface area (Å²) in [6.07, 6.45) is 5.85. The van der Waals surface area contributed by atoms with Crippen LogP contribution in [0.15, 0.2) is 23.3 Å². The number of allylic oxidation sites excluding steroid dienone is 4. The van der Waals surface area contributed by atoms with Crippen LogP contribution in [0.1, 0.15) is 33.6 Å². The topological polar surface area (TPSA) is 23.8 Å². The number of rotatable bonds is 3. The van der Waals surface area contributed by atoms with Crippen molar-refractivity contribution in [3.8, 4) is 6.07 Å². The quantitative estimate of drug-likeness (QED) is 0.344. The Balaban J connectivity index is 3.65. The maximum absolute atomic E-state index is 8.30. The minimum atomic E-state index is 0.999. The highest BCUT2D eigenvalue weighted by Gasteiger charge is 1.86. The van der Waals surface area contributed by atoms with Crippen LogP contribution in [-0.4, -0.2) is 0 Å². The van der Waals surface area contributed by atoms with Gasteiger partial charge in [-0.3, -0.25) is 0 Å². The van der Waals surface area contributed by atoms with Gasteiger partial charge in [0, 0.05) is 6.08 Å². The van der Waals surface area contributed by atoms with Gasteiger partial charge in [0.25, 0.3) is 0 Å². The molecule has 0 aliphatic heterocycles. The van der Waals surface area contributed by atoms with Gasteiger partial charge in [0.05, 0.1) is 6.07 Å². The normalized spacial score (nSPS) is 10.5. The van der Waals surface area contributed by atoms with E-state index in [0.29, 0.717) is 0 Å². The van der Waals surface area contributed by atoms with Crippen LogP contribution in [0.4, 0.5) is 0 Å². The van der Waals surface area contributed by atoms with Gasteiger partial charge in [0.15, 0.2) is 0 Å². The Labute approximate surface area is 69.0 Å². The average molecular weight is 150 g/mol. The van der Waals surface area contributed by atoms with Gasteiger partial charge in [-0.1, -0.05) is 17.2 Å². The lowest BCUT2D eigenvalue weighted by Gasteiger charge is -1.94. The molecule has 0 aliphatic carbocycles. The highest BCUT2D eigenvalue weighted by atomic mass is 14.3. The Bertz CT molecular complexity index is 199. The first-order valence-corrected chi connectivity index (χ1v) is 3.85. The van der Waals surface area contributed by atoms with Gasteiger partial charge >= 0.3 is 0 Å². The van der Waals surface area contributed by atoms with E-state index in [0.717, 1.165) is 18.4 Å². The second kappa shape index (κ2) is 5.73. The average Bonchev–Trinajstić information content (AvgIpc) is 1.87.